The third-order valence-corrected chi connectivity index (χ3v) is 6.14. The molecule has 140 valence electrons. The number of nitrogens with zero attached hydrogens (tertiary/aromatic N) is 2. The van der Waals surface area contributed by atoms with Gasteiger partial charge in [-0.05, 0) is 43.0 Å². The number of likely N-dealkylation sites (tertiary alicyclic amines) is 1. The van der Waals surface area contributed by atoms with Crippen LogP contribution in [-0.2, 0) is 16.8 Å². The maximum Gasteiger partial charge on any atom is 0.278 e. The van der Waals surface area contributed by atoms with Crippen LogP contribution in [0, 0.1) is 5.92 Å². The van der Waals surface area contributed by atoms with Crippen LogP contribution in [0.1, 0.15) is 18.4 Å². The zero-order chi connectivity index (χ0) is 17.9. The van der Waals surface area contributed by atoms with Gasteiger partial charge in [-0.3, -0.25) is 4.90 Å². The molecule has 0 radical (unpaired) electrons. The first kappa shape index (κ1) is 18.4. The van der Waals surface area contributed by atoms with Crippen LogP contribution in [0.5, 0.6) is 11.5 Å². The number of fused-ring (bicyclic) bond motifs is 1. The minimum atomic E-state index is -3.35. The molecule has 2 aliphatic rings. The third-order valence-electron chi connectivity index (χ3n) is 4.65. The lowest BCUT2D eigenvalue weighted by molar-refractivity contribution is 0.164. The molecule has 1 N–H and O–H groups in total. The van der Waals surface area contributed by atoms with Gasteiger partial charge in [0.2, 0.25) is 0 Å². The van der Waals surface area contributed by atoms with Crippen molar-refractivity contribution in [1.29, 1.82) is 0 Å². The summed E-state index contributed by atoms with van der Waals surface area (Å²) in [6, 6.07) is 6.09. The van der Waals surface area contributed by atoms with Gasteiger partial charge in [0.05, 0.1) is 0 Å². The van der Waals surface area contributed by atoms with E-state index in [0.29, 0.717) is 25.7 Å². The van der Waals surface area contributed by atoms with Crippen molar-refractivity contribution in [3.63, 3.8) is 0 Å². The highest BCUT2D eigenvalue weighted by molar-refractivity contribution is 7.87. The van der Waals surface area contributed by atoms with Crippen LogP contribution in [0.4, 0.5) is 0 Å². The van der Waals surface area contributed by atoms with Gasteiger partial charge in [0.1, 0.15) is 13.2 Å². The number of piperidine rings is 1. The zero-order valence-corrected chi connectivity index (χ0v) is 15.7. The number of nitrogens with one attached hydrogen (secondary N) is 1. The number of benzene rings is 1. The van der Waals surface area contributed by atoms with Crippen molar-refractivity contribution in [3.05, 3.63) is 23.8 Å². The second-order valence-corrected chi connectivity index (χ2v) is 8.83. The van der Waals surface area contributed by atoms with Crippen LogP contribution in [0.15, 0.2) is 18.2 Å². The molecule has 8 heteroatoms. The summed E-state index contributed by atoms with van der Waals surface area (Å²) in [6.45, 7) is 4.44. The van der Waals surface area contributed by atoms with Crippen LogP contribution >= 0.6 is 0 Å². The van der Waals surface area contributed by atoms with Crippen LogP contribution in [0.25, 0.3) is 0 Å². The minimum Gasteiger partial charge on any atom is -0.486 e. The third kappa shape index (κ3) is 4.84. The normalized spacial score (nSPS) is 21.5. The van der Waals surface area contributed by atoms with Crippen molar-refractivity contribution in [2.75, 3.05) is 46.9 Å². The van der Waals surface area contributed by atoms with Crippen molar-refractivity contribution in [2.45, 2.75) is 19.4 Å². The Hall–Kier alpha value is -1.35. The van der Waals surface area contributed by atoms with E-state index in [0.717, 1.165) is 44.0 Å². The van der Waals surface area contributed by atoms with Gasteiger partial charge in [-0.15, -0.1) is 0 Å². The Morgan fingerprint density at radius 2 is 2.00 bits per heavy atom. The van der Waals surface area contributed by atoms with Crippen LogP contribution in [0.3, 0.4) is 0 Å². The van der Waals surface area contributed by atoms with Gasteiger partial charge in [0, 0.05) is 33.7 Å². The molecule has 7 nitrogen and oxygen atoms in total. The zero-order valence-electron chi connectivity index (χ0n) is 14.9. The molecule has 0 unspecified atom stereocenters. The van der Waals surface area contributed by atoms with Gasteiger partial charge in [-0.2, -0.15) is 12.7 Å². The monoisotopic (exact) mass is 369 g/mol. The quantitative estimate of drug-likeness (QED) is 0.812. The van der Waals surface area contributed by atoms with Crippen LogP contribution in [0.2, 0.25) is 0 Å². The maximum absolute atomic E-state index is 11.9. The molecule has 25 heavy (non-hydrogen) atoms. The molecule has 1 aromatic rings. The van der Waals surface area contributed by atoms with Crippen molar-refractivity contribution in [3.8, 4) is 11.5 Å². The molecule has 0 amide bonds. The van der Waals surface area contributed by atoms with Crippen molar-refractivity contribution < 1.29 is 17.9 Å². The molecular formula is C17H27N3O4S. The Kier molecular flexibility index (Phi) is 5.83. The van der Waals surface area contributed by atoms with E-state index < -0.39 is 10.2 Å². The molecule has 1 saturated heterocycles. The second kappa shape index (κ2) is 7.90. The van der Waals surface area contributed by atoms with E-state index in [1.807, 2.05) is 12.1 Å². The fraction of sp³-hybridized carbons (Fsp3) is 0.647. The summed E-state index contributed by atoms with van der Waals surface area (Å²) in [5.41, 5.74) is 1.19. The summed E-state index contributed by atoms with van der Waals surface area (Å²) in [7, 11) is -0.272. The highest BCUT2D eigenvalue weighted by atomic mass is 32.2. The predicted octanol–water partition coefficient (Wildman–Crippen LogP) is 1.07. The molecule has 0 bridgehead atoms. The Morgan fingerprint density at radius 1 is 1.24 bits per heavy atom. The number of hydrogen-bond donors (Lipinski definition) is 1. The van der Waals surface area contributed by atoms with Gasteiger partial charge < -0.3 is 9.47 Å². The summed E-state index contributed by atoms with van der Waals surface area (Å²) >= 11 is 0. The Balaban J connectivity index is 1.55. The molecule has 1 atom stereocenters. The van der Waals surface area contributed by atoms with E-state index >= 15 is 0 Å². The fourth-order valence-electron chi connectivity index (χ4n) is 3.26. The molecule has 0 aromatic heterocycles. The lowest BCUT2D eigenvalue weighted by atomic mass is 9.98. The largest absolute Gasteiger partial charge is 0.486 e. The van der Waals surface area contributed by atoms with Gasteiger partial charge >= 0.3 is 0 Å². The average Bonchev–Trinajstić information content (AvgIpc) is 2.60. The molecule has 1 fully saturated rings. The van der Waals surface area contributed by atoms with E-state index in [-0.39, 0.29) is 0 Å². The van der Waals surface area contributed by atoms with Crippen LogP contribution in [-0.4, -0.2) is 64.6 Å². The smallest absolute Gasteiger partial charge is 0.278 e. The average molecular weight is 369 g/mol. The Labute approximate surface area is 150 Å². The standard InChI is InChI=1S/C17H27N3O4S/c1-19(2)25(21,22)18-11-15-4-3-7-20(13-15)12-14-5-6-16-17(10-14)24-9-8-23-16/h5-6,10,15,18H,3-4,7-9,11-13H2,1-2H3/t15-/m1/s1. The first-order valence-electron chi connectivity index (χ1n) is 8.72. The maximum atomic E-state index is 11.9. The van der Waals surface area contributed by atoms with E-state index in [4.69, 9.17) is 9.47 Å². The number of ether oxygens (including phenoxy) is 2. The lowest BCUT2D eigenvalue weighted by Crippen LogP contribution is -2.43. The topological polar surface area (TPSA) is 71.1 Å². The molecule has 0 saturated carbocycles. The summed E-state index contributed by atoms with van der Waals surface area (Å²) in [5.74, 6) is 1.96. The molecule has 2 aliphatic heterocycles. The fourth-order valence-corrected chi connectivity index (χ4v) is 3.96. The summed E-state index contributed by atoms with van der Waals surface area (Å²) in [6.07, 6.45) is 2.13. The molecule has 0 spiro atoms. The highest BCUT2D eigenvalue weighted by Crippen LogP contribution is 2.31. The van der Waals surface area contributed by atoms with Gasteiger partial charge in [-0.1, -0.05) is 6.07 Å². The van der Waals surface area contributed by atoms with Gasteiger partial charge in [0.15, 0.2) is 11.5 Å². The Morgan fingerprint density at radius 3 is 2.76 bits per heavy atom. The molecule has 2 heterocycles. The highest BCUT2D eigenvalue weighted by Gasteiger charge is 2.23. The van der Waals surface area contributed by atoms with Gasteiger partial charge in [-0.25, -0.2) is 4.72 Å². The summed E-state index contributed by atoms with van der Waals surface area (Å²) < 4.78 is 38.8. The van der Waals surface area contributed by atoms with Crippen molar-refractivity contribution >= 4 is 10.2 Å². The van der Waals surface area contributed by atoms with Gasteiger partial charge in [0.25, 0.3) is 10.2 Å². The van der Waals surface area contributed by atoms with E-state index in [2.05, 4.69) is 15.7 Å². The second-order valence-electron chi connectivity index (χ2n) is 6.86. The lowest BCUT2D eigenvalue weighted by Gasteiger charge is -2.33. The van der Waals surface area contributed by atoms with E-state index in [9.17, 15) is 8.42 Å². The first-order valence-corrected chi connectivity index (χ1v) is 10.2. The number of rotatable bonds is 6. The van der Waals surface area contributed by atoms with E-state index in [1.165, 1.54) is 24.0 Å². The molecule has 3 rings (SSSR count). The van der Waals surface area contributed by atoms with Crippen molar-refractivity contribution in [1.82, 2.24) is 13.9 Å². The molecule has 1 aromatic carbocycles. The molecular weight excluding hydrogens is 342 g/mol. The van der Waals surface area contributed by atoms with Crippen molar-refractivity contribution in [2.24, 2.45) is 5.92 Å². The SMILES string of the molecule is CN(C)S(=O)(=O)NC[C@H]1CCCN(Cc2ccc3c(c2)OCCO3)C1. The molecule has 0 aliphatic carbocycles. The van der Waals surface area contributed by atoms with Crippen LogP contribution < -0.4 is 14.2 Å². The number of hydrogen-bond acceptors (Lipinski definition) is 5. The Bertz CT molecular complexity index is 693. The summed E-state index contributed by atoms with van der Waals surface area (Å²) in [5, 5.41) is 0. The predicted molar refractivity (Wildman–Crippen MR) is 96.0 cm³/mol. The summed E-state index contributed by atoms with van der Waals surface area (Å²) in [4.78, 5) is 2.38. The van der Waals surface area contributed by atoms with E-state index in [1.54, 1.807) is 0 Å². The first-order chi connectivity index (χ1) is 11.9. The minimum absolute atomic E-state index is 0.334.